The fourth-order valence-electron chi connectivity index (χ4n) is 3.87. The van der Waals surface area contributed by atoms with E-state index in [1.165, 1.54) is 11.1 Å². The minimum absolute atomic E-state index is 0.169. The lowest BCUT2D eigenvalue weighted by atomic mass is 9.73. The van der Waals surface area contributed by atoms with Gasteiger partial charge in [-0.1, -0.05) is 56.3 Å². The van der Waals surface area contributed by atoms with Crippen LogP contribution in [0.5, 0.6) is 0 Å². The van der Waals surface area contributed by atoms with E-state index in [0.29, 0.717) is 16.8 Å². The molecule has 3 aromatic rings. The van der Waals surface area contributed by atoms with Gasteiger partial charge >= 0.3 is 0 Å². The Bertz CT molecular complexity index is 1020. The van der Waals surface area contributed by atoms with Crippen LogP contribution in [0.2, 0.25) is 0 Å². The Morgan fingerprint density at radius 1 is 0.692 bits per heavy atom. The van der Waals surface area contributed by atoms with Crippen LogP contribution in [0, 0.1) is 22.7 Å². The zero-order valence-electron chi connectivity index (χ0n) is 14.7. The number of nitriles is 2. The summed E-state index contributed by atoms with van der Waals surface area (Å²) in [5, 5.41) is 19.4. The van der Waals surface area contributed by atoms with Crippen LogP contribution < -0.4 is 4.90 Å². The molecule has 3 heteroatoms. The van der Waals surface area contributed by atoms with Crippen molar-refractivity contribution in [2.45, 2.75) is 19.3 Å². The van der Waals surface area contributed by atoms with Gasteiger partial charge in [-0.15, -0.1) is 0 Å². The fraction of sp³-hybridized carbons (Fsp3) is 0.130. The number of anilines is 3. The van der Waals surface area contributed by atoms with Crippen LogP contribution in [0.1, 0.15) is 36.1 Å². The van der Waals surface area contributed by atoms with Crippen molar-refractivity contribution in [2.75, 3.05) is 4.90 Å². The van der Waals surface area contributed by atoms with Crippen molar-refractivity contribution in [3.63, 3.8) is 0 Å². The lowest BCUT2D eigenvalue weighted by Crippen LogP contribution is -2.31. The summed E-state index contributed by atoms with van der Waals surface area (Å²) in [6, 6.07) is 26.2. The van der Waals surface area contributed by atoms with Crippen LogP contribution in [-0.4, -0.2) is 0 Å². The van der Waals surface area contributed by atoms with Crippen molar-refractivity contribution in [2.24, 2.45) is 0 Å². The summed E-state index contributed by atoms with van der Waals surface area (Å²) in [6.45, 7) is 4.42. The monoisotopic (exact) mass is 335 g/mol. The van der Waals surface area contributed by atoms with Gasteiger partial charge in [0.1, 0.15) is 12.1 Å². The molecule has 0 atom stereocenters. The second-order valence-corrected chi connectivity index (χ2v) is 6.92. The molecule has 1 heterocycles. The van der Waals surface area contributed by atoms with Crippen molar-refractivity contribution in [1.82, 2.24) is 0 Å². The van der Waals surface area contributed by atoms with Crippen molar-refractivity contribution < 1.29 is 0 Å². The zero-order valence-corrected chi connectivity index (χ0v) is 14.7. The molecule has 3 nitrogen and oxygen atoms in total. The fourth-order valence-corrected chi connectivity index (χ4v) is 3.87. The first-order valence-electron chi connectivity index (χ1n) is 8.52. The molecule has 4 rings (SSSR count). The van der Waals surface area contributed by atoms with Gasteiger partial charge in [-0.2, -0.15) is 10.5 Å². The maximum atomic E-state index is 9.68. The van der Waals surface area contributed by atoms with E-state index in [2.05, 4.69) is 55.2 Å². The minimum atomic E-state index is -0.169. The van der Waals surface area contributed by atoms with E-state index in [4.69, 9.17) is 0 Å². The lowest BCUT2D eigenvalue weighted by molar-refractivity contribution is 0.632. The number of hydrogen-bond acceptors (Lipinski definition) is 3. The van der Waals surface area contributed by atoms with Crippen molar-refractivity contribution in [1.29, 1.82) is 10.5 Å². The number of benzene rings is 3. The predicted molar refractivity (Wildman–Crippen MR) is 103 cm³/mol. The van der Waals surface area contributed by atoms with E-state index in [-0.39, 0.29) is 5.41 Å². The summed E-state index contributed by atoms with van der Waals surface area (Å²) in [7, 11) is 0. The van der Waals surface area contributed by atoms with Crippen LogP contribution >= 0.6 is 0 Å². The summed E-state index contributed by atoms with van der Waals surface area (Å²) in [5.41, 5.74) is 5.84. The molecule has 0 spiro atoms. The first kappa shape index (κ1) is 15.9. The number of rotatable bonds is 1. The molecule has 0 bridgehead atoms. The van der Waals surface area contributed by atoms with Crippen LogP contribution in [0.4, 0.5) is 17.1 Å². The standard InChI is InChI=1S/C23H17N3/c1-23(2)18-10-3-5-12-20(18)26(21-13-6-4-11-19(21)23)22-16(14-24)8-7-9-17(22)15-25/h3-13H,1-2H3. The van der Waals surface area contributed by atoms with Gasteiger partial charge in [-0.25, -0.2) is 0 Å². The van der Waals surface area contributed by atoms with Gasteiger partial charge < -0.3 is 4.90 Å². The molecule has 0 unspecified atom stereocenters. The highest BCUT2D eigenvalue weighted by Crippen LogP contribution is 2.52. The first-order valence-corrected chi connectivity index (χ1v) is 8.52. The average molecular weight is 335 g/mol. The third kappa shape index (κ3) is 2.11. The summed E-state index contributed by atoms with van der Waals surface area (Å²) < 4.78 is 0. The number of para-hydroxylation sites is 3. The average Bonchev–Trinajstić information content (AvgIpc) is 2.68. The van der Waals surface area contributed by atoms with Crippen LogP contribution in [-0.2, 0) is 5.41 Å². The van der Waals surface area contributed by atoms with Crippen molar-refractivity contribution >= 4 is 17.1 Å². The molecule has 0 amide bonds. The SMILES string of the molecule is CC1(C)c2ccccc2N(c2c(C#N)cccc2C#N)c2ccccc21. The number of nitrogens with zero attached hydrogens (tertiary/aromatic N) is 3. The molecule has 0 aromatic heterocycles. The Kier molecular flexibility index (Phi) is 3.53. The quantitative estimate of drug-likeness (QED) is 0.587. The molecule has 0 fully saturated rings. The molecule has 0 saturated carbocycles. The summed E-state index contributed by atoms with van der Waals surface area (Å²) >= 11 is 0. The van der Waals surface area contributed by atoms with E-state index >= 15 is 0 Å². The molecule has 3 aromatic carbocycles. The van der Waals surface area contributed by atoms with Crippen molar-refractivity contribution in [3.8, 4) is 12.1 Å². The zero-order chi connectivity index (χ0) is 18.3. The Morgan fingerprint density at radius 2 is 1.15 bits per heavy atom. The van der Waals surface area contributed by atoms with Crippen LogP contribution in [0.15, 0.2) is 66.7 Å². The van der Waals surface area contributed by atoms with E-state index in [1.54, 1.807) is 18.2 Å². The van der Waals surface area contributed by atoms with E-state index in [0.717, 1.165) is 11.4 Å². The summed E-state index contributed by atoms with van der Waals surface area (Å²) in [4.78, 5) is 2.06. The highest BCUT2D eigenvalue weighted by molar-refractivity contribution is 5.89. The molecular weight excluding hydrogens is 318 g/mol. The summed E-state index contributed by atoms with van der Waals surface area (Å²) in [5.74, 6) is 0. The van der Waals surface area contributed by atoms with Gasteiger partial charge in [0.2, 0.25) is 0 Å². The molecule has 124 valence electrons. The largest absolute Gasteiger partial charge is 0.307 e. The highest BCUT2D eigenvalue weighted by Gasteiger charge is 2.37. The number of fused-ring (bicyclic) bond motifs is 2. The molecule has 0 radical (unpaired) electrons. The molecule has 1 aliphatic rings. The molecule has 0 aliphatic carbocycles. The minimum Gasteiger partial charge on any atom is -0.307 e. The maximum Gasteiger partial charge on any atom is 0.101 e. The summed E-state index contributed by atoms with van der Waals surface area (Å²) in [6.07, 6.45) is 0. The van der Waals surface area contributed by atoms with E-state index in [1.807, 2.05) is 24.3 Å². The third-order valence-electron chi connectivity index (χ3n) is 5.14. The second kappa shape index (κ2) is 5.76. The van der Waals surface area contributed by atoms with Gasteiger partial charge in [0.15, 0.2) is 0 Å². The Hall–Kier alpha value is -3.56. The van der Waals surface area contributed by atoms with E-state index in [9.17, 15) is 10.5 Å². The highest BCUT2D eigenvalue weighted by atomic mass is 15.2. The van der Waals surface area contributed by atoms with Gasteiger partial charge in [-0.05, 0) is 35.4 Å². The van der Waals surface area contributed by atoms with Gasteiger partial charge in [0.25, 0.3) is 0 Å². The molecule has 0 N–H and O–H groups in total. The van der Waals surface area contributed by atoms with Gasteiger partial charge in [0, 0.05) is 5.41 Å². The van der Waals surface area contributed by atoms with E-state index < -0.39 is 0 Å². The predicted octanol–water partition coefficient (Wildman–Crippen LogP) is 5.54. The molecule has 1 aliphatic heterocycles. The van der Waals surface area contributed by atoms with Crippen LogP contribution in [0.3, 0.4) is 0 Å². The lowest BCUT2D eigenvalue weighted by Gasteiger charge is -2.42. The smallest absolute Gasteiger partial charge is 0.101 e. The molecular formula is C23H17N3. The topological polar surface area (TPSA) is 50.8 Å². The Balaban J connectivity index is 2.13. The Morgan fingerprint density at radius 3 is 1.62 bits per heavy atom. The second-order valence-electron chi connectivity index (χ2n) is 6.92. The Labute approximate surface area is 153 Å². The van der Waals surface area contributed by atoms with Gasteiger partial charge in [-0.3, -0.25) is 0 Å². The normalized spacial score (nSPS) is 13.9. The van der Waals surface area contributed by atoms with Gasteiger partial charge in [0.05, 0.1) is 28.2 Å². The number of hydrogen-bond donors (Lipinski definition) is 0. The molecule has 26 heavy (non-hydrogen) atoms. The van der Waals surface area contributed by atoms with Crippen molar-refractivity contribution in [3.05, 3.63) is 89.0 Å². The first-order chi connectivity index (χ1) is 12.6. The van der Waals surface area contributed by atoms with Crippen LogP contribution in [0.25, 0.3) is 0 Å². The maximum absolute atomic E-state index is 9.68. The third-order valence-corrected chi connectivity index (χ3v) is 5.14. The molecule has 0 saturated heterocycles.